The van der Waals surface area contributed by atoms with Crippen LogP contribution in [-0.4, -0.2) is 37.2 Å². The summed E-state index contributed by atoms with van der Waals surface area (Å²) in [7, 11) is 1.50. The smallest absolute Gasteiger partial charge is 0.313 e. The molecule has 0 radical (unpaired) electrons. The summed E-state index contributed by atoms with van der Waals surface area (Å²) in [5, 5.41) is 13.8. The third-order valence-electron chi connectivity index (χ3n) is 1.92. The van der Waals surface area contributed by atoms with E-state index in [4.69, 9.17) is 9.84 Å². The van der Waals surface area contributed by atoms with E-state index in [9.17, 15) is 9.59 Å². The normalized spacial score (nSPS) is 9.71. The minimum Gasteiger partial charge on any atom is -0.508 e. The average molecular weight is 238 g/mol. The lowest BCUT2D eigenvalue weighted by molar-refractivity contribution is -0.136. The zero-order valence-corrected chi connectivity index (χ0v) is 9.40. The van der Waals surface area contributed by atoms with Crippen LogP contribution in [0.5, 0.6) is 5.75 Å². The quantitative estimate of drug-likeness (QED) is 0.394. The van der Waals surface area contributed by atoms with Crippen LogP contribution in [0.15, 0.2) is 24.3 Å². The minimum atomic E-state index is -0.758. The Kier molecular flexibility index (Phi) is 4.96. The van der Waals surface area contributed by atoms with E-state index in [1.54, 1.807) is 0 Å². The molecule has 6 nitrogen and oxygen atoms in total. The maximum Gasteiger partial charge on any atom is 0.313 e. The van der Waals surface area contributed by atoms with Gasteiger partial charge in [-0.05, 0) is 24.3 Å². The highest BCUT2D eigenvalue weighted by Gasteiger charge is 2.12. The second-order valence-corrected chi connectivity index (χ2v) is 3.25. The molecule has 1 aromatic rings. The number of carbonyl (C=O) groups is 2. The zero-order chi connectivity index (χ0) is 12.7. The van der Waals surface area contributed by atoms with Crippen LogP contribution in [0.25, 0.3) is 0 Å². The van der Waals surface area contributed by atoms with E-state index in [2.05, 4.69) is 10.6 Å². The molecule has 0 saturated carbocycles. The number of ether oxygens (including phenoxy) is 1. The van der Waals surface area contributed by atoms with Crippen LogP contribution in [0.1, 0.15) is 0 Å². The van der Waals surface area contributed by atoms with Gasteiger partial charge >= 0.3 is 11.8 Å². The van der Waals surface area contributed by atoms with Crippen molar-refractivity contribution in [2.45, 2.75) is 0 Å². The highest BCUT2D eigenvalue weighted by Crippen LogP contribution is 2.13. The molecule has 1 rings (SSSR count). The largest absolute Gasteiger partial charge is 0.508 e. The first kappa shape index (κ1) is 13.0. The zero-order valence-electron chi connectivity index (χ0n) is 9.40. The fourth-order valence-electron chi connectivity index (χ4n) is 1.08. The van der Waals surface area contributed by atoms with E-state index >= 15 is 0 Å². The Bertz CT molecular complexity index is 389. The molecule has 0 saturated heterocycles. The van der Waals surface area contributed by atoms with Crippen molar-refractivity contribution in [2.24, 2.45) is 0 Å². The fraction of sp³-hybridized carbons (Fsp3) is 0.273. The third-order valence-corrected chi connectivity index (χ3v) is 1.92. The van der Waals surface area contributed by atoms with Gasteiger partial charge in [-0.15, -0.1) is 0 Å². The first-order chi connectivity index (χ1) is 8.13. The van der Waals surface area contributed by atoms with Crippen molar-refractivity contribution in [2.75, 3.05) is 25.6 Å². The molecule has 6 heteroatoms. The monoisotopic (exact) mass is 238 g/mol. The van der Waals surface area contributed by atoms with E-state index in [1.165, 1.54) is 31.4 Å². The molecule has 0 atom stereocenters. The van der Waals surface area contributed by atoms with E-state index in [1.807, 2.05) is 0 Å². The molecule has 17 heavy (non-hydrogen) atoms. The van der Waals surface area contributed by atoms with Crippen LogP contribution in [-0.2, 0) is 14.3 Å². The van der Waals surface area contributed by atoms with Crippen LogP contribution in [0.2, 0.25) is 0 Å². The van der Waals surface area contributed by atoms with Gasteiger partial charge in [-0.1, -0.05) is 0 Å². The number of methoxy groups -OCH3 is 1. The Morgan fingerprint density at radius 1 is 1.24 bits per heavy atom. The molecule has 92 valence electrons. The number of phenolic OH excluding ortho intramolecular Hbond substituents is 1. The summed E-state index contributed by atoms with van der Waals surface area (Å²) in [4.78, 5) is 22.6. The Morgan fingerprint density at radius 3 is 2.47 bits per heavy atom. The van der Waals surface area contributed by atoms with Crippen molar-refractivity contribution in [3.05, 3.63) is 24.3 Å². The number of anilines is 1. The van der Waals surface area contributed by atoms with Gasteiger partial charge in [0.2, 0.25) is 0 Å². The van der Waals surface area contributed by atoms with Gasteiger partial charge in [0.1, 0.15) is 5.75 Å². The van der Waals surface area contributed by atoms with Gasteiger partial charge in [-0.3, -0.25) is 9.59 Å². The molecule has 0 unspecified atom stereocenters. The van der Waals surface area contributed by atoms with Crippen molar-refractivity contribution < 1.29 is 19.4 Å². The molecule has 0 aliphatic heterocycles. The highest BCUT2D eigenvalue weighted by molar-refractivity contribution is 6.39. The second kappa shape index (κ2) is 6.49. The van der Waals surface area contributed by atoms with E-state index in [0.717, 1.165) is 0 Å². The number of nitrogens with one attached hydrogen (secondary N) is 2. The van der Waals surface area contributed by atoms with Gasteiger partial charge in [0.15, 0.2) is 0 Å². The van der Waals surface area contributed by atoms with Gasteiger partial charge < -0.3 is 20.5 Å². The lowest BCUT2D eigenvalue weighted by Gasteiger charge is -2.05. The number of hydrogen-bond donors (Lipinski definition) is 3. The summed E-state index contributed by atoms with van der Waals surface area (Å²) in [5.41, 5.74) is 0.440. The van der Waals surface area contributed by atoms with Crippen LogP contribution >= 0.6 is 0 Å². The molecular formula is C11H14N2O4. The number of phenols is 1. The molecule has 0 spiro atoms. The number of aromatic hydroxyl groups is 1. The number of rotatable bonds is 4. The number of benzene rings is 1. The molecule has 0 heterocycles. The van der Waals surface area contributed by atoms with Gasteiger partial charge in [0.05, 0.1) is 6.61 Å². The standard InChI is InChI=1S/C11H14N2O4/c1-17-7-6-12-10(15)11(16)13-8-2-4-9(14)5-3-8/h2-5,14H,6-7H2,1H3,(H,12,15)(H,13,16). The molecule has 0 aliphatic carbocycles. The maximum atomic E-state index is 11.4. The third kappa shape index (κ3) is 4.52. The molecule has 2 amide bonds. The summed E-state index contributed by atoms with van der Waals surface area (Å²) in [5.74, 6) is -1.39. The fourth-order valence-corrected chi connectivity index (χ4v) is 1.08. The predicted molar refractivity (Wildman–Crippen MR) is 61.6 cm³/mol. The number of hydrogen-bond acceptors (Lipinski definition) is 4. The molecule has 3 N–H and O–H groups in total. The Morgan fingerprint density at radius 2 is 1.88 bits per heavy atom. The van der Waals surface area contributed by atoms with E-state index in [-0.39, 0.29) is 12.3 Å². The summed E-state index contributed by atoms with van der Waals surface area (Å²) in [6, 6.07) is 5.82. The molecule has 1 aromatic carbocycles. The van der Waals surface area contributed by atoms with Crippen molar-refractivity contribution in [3.8, 4) is 5.75 Å². The molecule has 0 bridgehead atoms. The molecule has 0 aromatic heterocycles. The summed E-state index contributed by atoms with van der Waals surface area (Å²) in [6.07, 6.45) is 0. The van der Waals surface area contributed by atoms with Crippen molar-refractivity contribution in [1.29, 1.82) is 0 Å². The first-order valence-corrected chi connectivity index (χ1v) is 5.00. The van der Waals surface area contributed by atoms with Crippen molar-refractivity contribution >= 4 is 17.5 Å². The first-order valence-electron chi connectivity index (χ1n) is 5.00. The van der Waals surface area contributed by atoms with Gasteiger partial charge in [-0.25, -0.2) is 0 Å². The van der Waals surface area contributed by atoms with Gasteiger partial charge in [-0.2, -0.15) is 0 Å². The summed E-state index contributed by atoms with van der Waals surface area (Å²) in [6.45, 7) is 0.622. The van der Waals surface area contributed by atoms with Crippen molar-refractivity contribution in [3.63, 3.8) is 0 Å². The van der Waals surface area contributed by atoms with Gasteiger partial charge in [0.25, 0.3) is 0 Å². The Labute approximate surface area is 98.6 Å². The molecule has 0 aliphatic rings. The van der Waals surface area contributed by atoms with Crippen LogP contribution < -0.4 is 10.6 Å². The number of amides is 2. The highest BCUT2D eigenvalue weighted by atomic mass is 16.5. The second-order valence-electron chi connectivity index (χ2n) is 3.25. The van der Waals surface area contributed by atoms with E-state index in [0.29, 0.717) is 12.3 Å². The summed E-state index contributed by atoms with van der Waals surface area (Å²) >= 11 is 0. The average Bonchev–Trinajstić information content (AvgIpc) is 2.32. The van der Waals surface area contributed by atoms with Crippen LogP contribution in [0.4, 0.5) is 5.69 Å². The van der Waals surface area contributed by atoms with Crippen LogP contribution in [0.3, 0.4) is 0 Å². The maximum absolute atomic E-state index is 11.4. The minimum absolute atomic E-state index is 0.0903. The Hall–Kier alpha value is -2.08. The lowest BCUT2D eigenvalue weighted by atomic mass is 10.3. The SMILES string of the molecule is COCCNC(=O)C(=O)Nc1ccc(O)cc1. The van der Waals surface area contributed by atoms with Crippen LogP contribution in [0, 0.1) is 0 Å². The predicted octanol–water partition coefficient (Wildman–Crippen LogP) is 0.0933. The Balaban J connectivity index is 2.43. The lowest BCUT2D eigenvalue weighted by Crippen LogP contribution is -2.37. The van der Waals surface area contributed by atoms with Gasteiger partial charge in [0, 0.05) is 19.3 Å². The van der Waals surface area contributed by atoms with E-state index < -0.39 is 11.8 Å². The topological polar surface area (TPSA) is 87.7 Å². The van der Waals surface area contributed by atoms with Crippen molar-refractivity contribution in [1.82, 2.24) is 5.32 Å². The number of carbonyl (C=O) groups excluding carboxylic acids is 2. The summed E-state index contributed by atoms with van der Waals surface area (Å²) < 4.78 is 4.73. The molecule has 0 fully saturated rings. The molecular weight excluding hydrogens is 224 g/mol.